The van der Waals surface area contributed by atoms with Crippen LogP contribution in [0.3, 0.4) is 0 Å². The zero-order valence-corrected chi connectivity index (χ0v) is 12.9. The standard InChI is InChI=1S/C15H10BrClN2O/c1-19(12-5-2-10(9-18)3-6-12)15(20)11-4-7-13(16)14(17)8-11/h2-8H,1H3. The highest BCUT2D eigenvalue weighted by Gasteiger charge is 2.14. The molecular weight excluding hydrogens is 340 g/mol. The first-order valence-electron chi connectivity index (χ1n) is 5.76. The minimum Gasteiger partial charge on any atom is -0.311 e. The van der Waals surface area contributed by atoms with E-state index < -0.39 is 0 Å². The van der Waals surface area contributed by atoms with Crippen molar-refractivity contribution in [3.8, 4) is 6.07 Å². The van der Waals surface area contributed by atoms with Crippen molar-refractivity contribution in [2.45, 2.75) is 0 Å². The molecule has 0 radical (unpaired) electrons. The Labute approximate surface area is 130 Å². The molecule has 0 aromatic heterocycles. The summed E-state index contributed by atoms with van der Waals surface area (Å²) in [4.78, 5) is 13.9. The van der Waals surface area contributed by atoms with Gasteiger partial charge in [0.2, 0.25) is 0 Å². The molecule has 0 saturated carbocycles. The molecule has 0 N–H and O–H groups in total. The third kappa shape index (κ3) is 3.01. The van der Waals surface area contributed by atoms with Crippen LogP contribution in [0.25, 0.3) is 0 Å². The van der Waals surface area contributed by atoms with Gasteiger partial charge in [0, 0.05) is 22.8 Å². The van der Waals surface area contributed by atoms with Crippen molar-refractivity contribution in [2.24, 2.45) is 0 Å². The Balaban J connectivity index is 2.27. The van der Waals surface area contributed by atoms with Crippen LogP contribution in [-0.2, 0) is 0 Å². The average molecular weight is 350 g/mol. The third-order valence-corrected chi connectivity index (χ3v) is 4.09. The molecule has 20 heavy (non-hydrogen) atoms. The van der Waals surface area contributed by atoms with E-state index in [4.69, 9.17) is 16.9 Å². The number of halogens is 2. The fourth-order valence-electron chi connectivity index (χ4n) is 1.70. The van der Waals surface area contributed by atoms with Crippen LogP contribution in [0, 0.1) is 11.3 Å². The molecule has 100 valence electrons. The predicted molar refractivity (Wildman–Crippen MR) is 83.0 cm³/mol. The summed E-state index contributed by atoms with van der Waals surface area (Å²) >= 11 is 9.28. The van der Waals surface area contributed by atoms with Crippen molar-refractivity contribution >= 4 is 39.1 Å². The van der Waals surface area contributed by atoms with E-state index in [1.165, 1.54) is 4.90 Å². The Morgan fingerprint density at radius 1 is 1.25 bits per heavy atom. The normalized spacial score (nSPS) is 9.90. The molecule has 1 amide bonds. The van der Waals surface area contributed by atoms with Crippen molar-refractivity contribution < 1.29 is 4.79 Å². The maximum absolute atomic E-state index is 12.4. The summed E-state index contributed by atoms with van der Waals surface area (Å²) in [6.45, 7) is 0. The molecule has 0 saturated heterocycles. The first-order chi connectivity index (χ1) is 9.52. The maximum atomic E-state index is 12.4. The number of nitrogens with zero attached hydrogens (tertiary/aromatic N) is 2. The number of hydrogen-bond acceptors (Lipinski definition) is 2. The smallest absolute Gasteiger partial charge is 0.258 e. The second-order valence-corrected chi connectivity index (χ2v) is 5.41. The van der Waals surface area contributed by atoms with E-state index in [1.807, 2.05) is 6.07 Å². The van der Waals surface area contributed by atoms with Crippen LogP contribution >= 0.6 is 27.5 Å². The summed E-state index contributed by atoms with van der Waals surface area (Å²) in [5.74, 6) is -0.163. The van der Waals surface area contributed by atoms with Gasteiger partial charge in [-0.2, -0.15) is 5.26 Å². The Hall–Kier alpha value is -1.83. The van der Waals surface area contributed by atoms with E-state index in [1.54, 1.807) is 49.5 Å². The Morgan fingerprint density at radius 3 is 2.45 bits per heavy atom. The Bertz CT molecular complexity index is 692. The molecule has 0 fully saturated rings. The van der Waals surface area contributed by atoms with Crippen LogP contribution < -0.4 is 4.90 Å². The highest BCUT2D eigenvalue weighted by Crippen LogP contribution is 2.24. The van der Waals surface area contributed by atoms with Crippen LogP contribution in [0.15, 0.2) is 46.9 Å². The second-order valence-electron chi connectivity index (χ2n) is 4.15. The third-order valence-electron chi connectivity index (χ3n) is 2.85. The fraction of sp³-hybridized carbons (Fsp3) is 0.0667. The van der Waals surface area contributed by atoms with Gasteiger partial charge in [-0.25, -0.2) is 0 Å². The summed E-state index contributed by atoms with van der Waals surface area (Å²) in [6, 6.07) is 13.9. The summed E-state index contributed by atoms with van der Waals surface area (Å²) < 4.78 is 0.747. The van der Waals surface area contributed by atoms with Gasteiger partial charge in [-0.15, -0.1) is 0 Å². The molecule has 0 aliphatic carbocycles. The predicted octanol–water partition coefficient (Wildman–Crippen LogP) is 4.25. The first-order valence-corrected chi connectivity index (χ1v) is 6.93. The molecule has 0 aliphatic rings. The highest BCUT2D eigenvalue weighted by atomic mass is 79.9. The van der Waals surface area contributed by atoms with Crippen molar-refractivity contribution in [1.82, 2.24) is 0 Å². The van der Waals surface area contributed by atoms with Crippen molar-refractivity contribution in [1.29, 1.82) is 5.26 Å². The van der Waals surface area contributed by atoms with E-state index >= 15 is 0 Å². The SMILES string of the molecule is CN(C(=O)c1ccc(Br)c(Cl)c1)c1ccc(C#N)cc1. The summed E-state index contributed by atoms with van der Waals surface area (Å²) in [7, 11) is 1.68. The van der Waals surface area contributed by atoms with Gasteiger partial charge in [0.15, 0.2) is 0 Å². The molecule has 0 atom stereocenters. The van der Waals surface area contributed by atoms with Gasteiger partial charge < -0.3 is 4.90 Å². The molecule has 0 heterocycles. The summed E-state index contributed by atoms with van der Waals surface area (Å²) in [5.41, 5.74) is 1.78. The van der Waals surface area contributed by atoms with E-state index in [0.29, 0.717) is 21.8 Å². The Morgan fingerprint density at radius 2 is 1.90 bits per heavy atom. The molecule has 0 spiro atoms. The van der Waals surface area contributed by atoms with E-state index in [2.05, 4.69) is 15.9 Å². The van der Waals surface area contributed by atoms with Crippen molar-refractivity contribution in [3.05, 3.63) is 63.1 Å². The number of benzene rings is 2. The van der Waals surface area contributed by atoms with Gasteiger partial charge >= 0.3 is 0 Å². The van der Waals surface area contributed by atoms with Gasteiger partial charge in [-0.1, -0.05) is 11.6 Å². The molecule has 3 nitrogen and oxygen atoms in total. The number of anilines is 1. The van der Waals surface area contributed by atoms with Crippen LogP contribution in [0.1, 0.15) is 15.9 Å². The molecule has 2 rings (SSSR count). The van der Waals surface area contributed by atoms with Gasteiger partial charge in [0.25, 0.3) is 5.91 Å². The zero-order valence-electron chi connectivity index (χ0n) is 10.6. The first kappa shape index (κ1) is 14.6. The zero-order chi connectivity index (χ0) is 14.7. The van der Waals surface area contributed by atoms with Gasteiger partial charge in [0.05, 0.1) is 16.7 Å². The minimum absolute atomic E-state index is 0.163. The van der Waals surface area contributed by atoms with Crippen LogP contribution in [0.5, 0.6) is 0 Å². The quantitative estimate of drug-likeness (QED) is 0.813. The lowest BCUT2D eigenvalue weighted by molar-refractivity contribution is 0.0993. The van der Waals surface area contributed by atoms with Crippen molar-refractivity contribution in [2.75, 3.05) is 11.9 Å². The monoisotopic (exact) mass is 348 g/mol. The van der Waals surface area contributed by atoms with Gasteiger partial charge in [-0.3, -0.25) is 4.79 Å². The lowest BCUT2D eigenvalue weighted by atomic mass is 10.1. The van der Waals surface area contributed by atoms with Gasteiger partial charge in [-0.05, 0) is 58.4 Å². The maximum Gasteiger partial charge on any atom is 0.258 e. The summed E-state index contributed by atoms with van der Waals surface area (Å²) in [5, 5.41) is 9.25. The van der Waals surface area contributed by atoms with Crippen LogP contribution in [-0.4, -0.2) is 13.0 Å². The largest absolute Gasteiger partial charge is 0.311 e. The number of carbonyl (C=O) groups excluding carboxylic acids is 1. The number of amides is 1. The van der Waals surface area contributed by atoms with Crippen LogP contribution in [0.4, 0.5) is 5.69 Å². The molecule has 5 heteroatoms. The minimum atomic E-state index is -0.163. The molecule has 0 bridgehead atoms. The number of nitriles is 1. The molecule has 0 unspecified atom stereocenters. The van der Waals surface area contributed by atoms with E-state index in [-0.39, 0.29) is 5.91 Å². The number of carbonyl (C=O) groups is 1. The molecule has 2 aromatic rings. The average Bonchev–Trinajstić information content (AvgIpc) is 2.48. The number of rotatable bonds is 2. The molecular formula is C15H10BrClN2O. The molecule has 2 aromatic carbocycles. The fourth-order valence-corrected chi connectivity index (χ4v) is 2.13. The van der Waals surface area contributed by atoms with Crippen LogP contribution in [0.2, 0.25) is 5.02 Å². The van der Waals surface area contributed by atoms with E-state index in [0.717, 1.165) is 4.47 Å². The van der Waals surface area contributed by atoms with Gasteiger partial charge in [0.1, 0.15) is 0 Å². The highest BCUT2D eigenvalue weighted by molar-refractivity contribution is 9.10. The number of hydrogen-bond donors (Lipinski definition) is 0. The lowest BCUT2D eigenvalue weighted by Crippen LogP contribution is -2.26. The topological polar surface area (TPSA) is 44.1 Å². The van der Waals surface area contributed by atoms with Crippen molar-refractivity contribution in [3.63, 3.8) is 0 Å². The lowest BCUT2D eigenvalue weighted by Gasteiger charge is -2.17. The van der Waals surface area contributed by atoms with E-state index in [9.17, 15) is 4.79 Å². The Kier molecular flexibility index (Phi) is 4.43. The summed E-state index contributed by atoms with van der Waals surface area (Å²) in [6.07, 6.45) is 0. The second kappa shape index (κ2) is 6.08. The molecule has 0 aliphatic heterocycles.